The number of hydrogen-bond acceptors (Lipinski definition) is 2. The Morgan fingerprint density at radius 3 is 2.86 bits per heavy atom. The summed E-state index contributed by atoms with van der Waals surface area (Å²) in [6.07, 6.45) is 5.99. The first-order valence-electron chi connectivity index (χ1n) is 7.94. The lowest BCUT2D eigenvalue weighted by Gasteiger charge is -2.47. The number of nitrogen functional groups attached to an aromatic ring is 1. The molecule has 0 spiro atoms. The van der Waals surface area contributed by atoms with E-state index in [2.05, 4.69) is 11.8 Å². The Balaban J connectivity index is 1.88. The van der Waals surface area contributed by atoms with Crippen LogP contribution in [0.2, 0.25) is 5.02 Å². The molecule has 114 valence electrons. The van der Waals surface area contributed by atoms with Crippen LogP contribution in [-0.2, 0) is 0 Å². The molecule has 3 rings (SSSR count). The van der Waals surface area contributed by atoms with E-state index in [1.807, 2.05) is 0 Å². The van der Waals surface area contributed by atoms with E-state index in [4.69, 9.17) is 17.3 Å². The van der Waals surface area contributed by atoms with Gasteiger partial charge in [0.05, 0.1) is 16.3 Å². The maximum atomic E-state index is 12.9. The van der Waals surface area contributed by atoms with Gasteiger partial charge in [-0.3, -0.25) is 4.79 Å². The number of nitrogens with zero attached hydrogens (tertiary/aromatic N) is 1. The summed E-state index contributed by atoms with van der Waals surface area (Å²) in [4.78, 5) is 15.0. The van der Waals surface area contributed by atoms with Gasteiger partial charge in [0.2, 0.25) is 0 Å². The van der Waals surface area contributed by atoms with Gasteiger partial charge in [0.1, 0.15) is 0 Å². The summed E-state index contributed by atoms with van der Waals surface area (Å²) >= 11 is 6.06. The van der Waals surface area contributed by atoms with Crippen LogP contribution in [-0.4, -0.2) is 23.4 Å². The number of hydrogen-bond donors (Lipinski definition) is 1. The fourth-order valence-electron chi connectivity index (χ4n) is 4.04. The summed E-state index contributed by atoms with van der Waals surface area (Å²) in [6.45, 7) is 3.17. The van der Waals surface area contributed by atoms with E-state index in [9.17, 15) is 4.79 Å². The van der Waals surface area contributed by atoms with Crippen LogP contribution in [0.3, 0.4) is 0 Å². The molecule has 0 aromatic heterocycles. The van der Waals surface area contributed by atoms with Crippen LogP contribution in [0, 0.1) is 11.8 Å². The van der Waals surface area contributed by atoms with Gasteiger partial charge in [0.25, 0.3) is 5.91 Å². The molecule has 1 aromatic carbocycles. The Morgan fingerprint density at radius 1 is 1.29 bits per heavy atom. The highest BCUT2D eigenvalue weighted by molar-refractivity contribution is 6.33. The Bertz CT molecular complexity index is 546. The molecule has 3 unspecified atom stereocenters. The summed E-state index contributed by atoms with van der Waals surface area (Å²) < 4.78 is 0. The van der Waals surface area contributed by atoms with Gasteiger partial charge in [-0.25, -0.2) is 0 Å². The van der Waals surface area contributed by atoms with Gasteiger partial charge in [-0.1, -0.05) is 37.4 Å². The molecule has 21 heavy (non-hydrogen) atoms. The van der Waals surface area contributed by atoms with E-state index < -0.39 is 0 Å². The number of para-hydroxylation sites is 1. The van der Waals surface area contributed by atoms with Crippen molar-refractivity contribution in [2.45, 2.75) is 45.1 Å². The van der Waals surface area contributed by atoms with E-state index in [1.54, 1.807) is 18.2 Å². The molecular weight excluding hydrogens is 284 g/mol. The number of anilines is 1. The van der Waals surface area contributed by atoms with Gasteiger partial charge in [-0.15, -0.1) is 0 Å². The predicted octanol–water partition coefficient (Wildman–Crippen LogP) is 3.96. The number of fused-ring (bicyclic) bond motifs is 1. The Morgan fingerprint density at radius 2 is 2.05 bits per heavy atom. The summed E-state index contributed by atoms with van der Waals surface area (Å²) in [7, 11) is 0. The first kappa shape index (κ1) is 14.7. The van der Waals surface area contributed by atoms with E-state index >= 15 is 0 Å². The van der Waals surface area contributed by atoms with Crippen LogP contribution in [0.4, 0.5) is 5.69 Å². The number of likely N-dealkylation sites (tertiary alicyclic amines) is 1. The van der Waals surface area contributed by atoms with Crippen molar-refractivity contribution in [2.75, 3.05) is 12.3 Å². The van der Waals surface area contributed by atoms with Crippen molar-refractivity contribution in [1.82, 2.24) is 4.90 Å². The Kier molecular flexibility index (Phi) is 4.12. The maximum absolute atomic E-state index is 12.9. The van der Waals surface area contributed by atoms with Crippen LogP contribution in [0.1, 0.15) is 49.4 Å². The van der Waals surface area contributed by atoms with E-state index in [0.717, 1.165) is 25.3 Å². The highest BCUT2D eigenvalue weighted by atomic mass is 35.5. The molecule has 3 atom stereocenters. The van der Waals surface area contributed by atoms with Gasteiger partial charge in [0, 0.05) is 12.6 Å². The molecule has 1 aliphatic heterocycles. The summed E-state index contributed by atoms with van der Waals surface area (Å²) in [6, 6.07) is 5.71. The molecule has 1 heterocycles. The smallest absolute Gasteiger partial charge is 0.256 e. The van der Waals surface area contributed by atoms with Crippen molar-refractivity contribution in [3.8, 4) is 0 Å². The summed E-state index contributed by atoms with van der Waals surface area (Å²) in [5.41, 5.74) is 6.98. The number of piperidine rings is 1. The second-order valence-corrected chi connectivity index (χ2v) is 6.89. The second-order valence-electron chi connectivity index (χ2n) is 6.48. The van der Waals surface area contributed by atoms with Crippen molar-refractivity contribution >= 4 is 23.2 Å². The third kappa shape index (κ3) is 2.64. The van der Waals surface area contributed by atoms with Crippen molar-refractivity contribution in [2.24, 2.45) is 11.8 Å². The first-order chi connectivity index (χ1) is 10.1. The minimum Gasteiger partial charge on any atom is -0.397 e. The second kappa shape index (κ2) is 5.88. The van der Waals surface area contributed by atoms with E-state index in [1.165, 1.54) is 19.3 Å². The zero-order valence-electron chi connectivity index (χ0n) is 12.5. The molecule has 1 aromatic rings. The average molecular weight is 307 g/mol. The zero-order chi connectivity index (χ0) is 15.0. The third-order valence-corrected chi connectivity index (χ3v) is 5.61. The predicted molar refractivity (Wildman–Crippen MR) is 86.4 cm³/mol. The molecule has 2 aliphatic rings. The number of benzene rings is 1. The van der Waals surface area contributed by atoms with Gasteiger partial charge in [0.15, 0.2) is 0 Å². The van der Waals surface area contributed by atoms with Gasteiger partial charge in [-0.2, -0.15) is 0 Å². The number of carbonyl (C=O) groups excluding carboxylic acids is 1. The topological polar surface area (TPSA) is 46.3 Å². The maximum Gasteiger partial charge on any atom is 0.256 e. The number of rotatable bonds is 1. The molecule has 4 heteroatoms. The molecule has 1 saturated carbocycles. The van der Waals surface area contributed by atoms with Gasteiger partial charge >= 0.3 is 0 Å². The lowest BCUT2D eigenvalue weighted by Crippen LogP contribution is -2.52. The van der Waals surface area contributed by atoms with Crippen LogP contribution in [0.25, 0.3) is 0 Å². The van der Waals surface area contributed by atoms with Crippen molar-refractivity contribution < 1.29 is 4.79 Å². The fraction of sp³-hybridized carbons (Fsp3) is 0.588. The van der Waals surface area contributed by atoms with E-state index in [-0.39, 0.29) is 5.91 Å². The van der Waals surface area contributed by atoms with Crippen LogP contribution in [0.15, 0.2) is 18.2 Å². The molecule has 1 saturated heterocycles. The number of carbonyl (C=O) groups is 1. The zero-order valence-corrected chi connectivity index (χ0v) is 13.3. The molecule has 0 radical (unpaired) electrons. The van der Waals surface area contributed by atoms with Crippen molar-refractivity contribution in [3.05, 3.63) is 28.8 Å². The number of nitrogens with two attached hydrogens (primary N) is 1. The molecule has 1 aliphatic carbocycles. The SMILES string of the molecule is CC1CCN(C(=O)c2cccc(Cl)c2N)C2CCCCC12. The van der Waals surface area contributed by atoms with Crippen molar-refractivity contribution in [3.63, 3.8) is 0 Å². The minimum atomic E-state index is 0.0544. The first-order valence-corrected chi connectivity index (χ1v) is 8.32. The standard InChI is InChI=1S/C17H23ClN2O/c1-11-9-10-20(15-8-3-2-5-12(11)15)17(21)13-6-4-7-14(18)16(13)19/h4,6-7,11-12,15H,2-3,5,8-10,19H2,1H3. The summed E-state index contributed by atoms with van der Waals surface area (Å²) in [5, 5.41) is 0.464. The molecule has 1 amide bonds. The summed E-state index contributed by atoms with van der Waals surface area (Å²) in [5.74, 6) is 1.42. The van der Waals surface area contributed by atoms with Crippen LogP contribution >= 0.6 is 11.6 Å². The Hall–Kier alpha value is -1.22. The molecule has 3 nitrogen and oxygen atoms in total. The highest BCUT2D eigenvalue weighted by Gasteiger charge is 2.39. The normalized spacial score (nSPS) is 29.0. The largest absolute Gasteiger partial charge is 0.397 e. The highest BCUT2D eigenvalue weighted by Crippen LogP contribution is 2.39. The number of amides is 1. The lowest BCUT2D eigenvalue weighted by atomic mass is 9.72. The van der Waals surface area contributed by atoms with Gasteiger partial charge in [-0.05, 0) is 43.2 Å². The molecule has 0 bridgehead atoms. The monoisotopic (exact) mass is 306 g/mol. The molecular formula is C17H23ClN2O. The van der Waals surface area contributed by atoms with Crippen LogP contribution in [0.5, 0.6) is 0 Å². The fourth-order valence-corrected chi connectivity index (χ4v) is 4.22. The van der Waals surface area contributed by atoms with Crippen LogP contribution < -0.4 is 5.73 Å². The van der Waals surface area contributed by atoms with Gasteiger partial charge < -0.3 is 10.6 Å². The number of halogens is 1. The van der Waals surface area contributed by atoms with Crippen molar-refractivity contribution in [1.29, 1.82) is 0 Å². The molecule has 2 fully saturated rings. The lowest BCUT2D eigenvalue weighted by molar-refractivity contribution is 0.0218. The third-order valence-electron chi connectivity index (χ3n) is 5.28. The average Bonchev–Trinajstić information content (AvgIpc) is 2.50. The minimum absolute atomic E-state index is 0.0544. The quantitative estimate of drug-likeness (QED) is 0.798. The Labute approximate surface area is 131 Å². The molecule has 2 N–H and O–H groups in total. The van der Waals surface area contributed by atoms with E-state index in [0.29, 0.717) is 28.2 Å².